The predicted octanol–water partition coefficient (Wildman–Crippen LogP) is 1.06. The van der Waals surface area contributed by atoms with Gasteiger partial charge in [-0.25, -0.2) is 4.98 Å². The topological polar surface area (TPSA) is 58.4 Å². The number of hydrogen-bond donors (Lipinski definition) is 1. The van der Waals surface area contributed by atoms with Gasteiger partial charge >= 0.3 is 0 Å². The van der Waals surface area contributed by atoms with Gasteiger partial charge in [-0.2, -0.15) is 0 Å². The minimum Gasteiger partial charge on any atom is -0.389 e. The van der Waals surface area contributed by atoms with E-state index in [1.165, 1.54) is 0 Å². The zero-order valence-corrected chi connectivity index (χ0v) is 12.0. The third-order valence-corrected chi connectivity index (χ3v) is 3.59. The summed E-state index contributed by atoms with van der Waals surface area (Å²) in [6.45, 7) is 7.30. The molecular weight excluding hydrogens is 242 g/mol. The quantitative estimate of drug-likeness (QED) is 0.885. The molecule has 0 aromatic carbocycles. The van der Waals surface area contributed by atoms with E-state index in [-0.39, 0.29) is 11.8 Å². The Balaban J connectivity index is 2.03. The van der Waals surface area contributed by atoms with Crippen molar-refractivity contribution >= 4 is 5.91 Å². The predicted molar refractivity (Wildman–Crippen MR) is 72.6 cm³/mol. The third-order valence-electron chi connectivity index (χ3n) is 3.59. The number of aryl methyl sites for hydroxylation is 1. The Bertz CT molecular complexity index is 448. The molecule has 0 saturated carbocycles. The summed E-state index contributed by atoms with van der Waals surface area (Å²) in [7, 11) is 0. The monoisotopic (exact) mass is 265 g/mol. The highest BCUT2D eigenvalue weighted by atomic mass is 16.3. The lowest BCUT2D eigenvalue weighted by atomic mass is 9.94. The highest BCUT2D eigenvalue weighted by Crippen LogP contribution is 2.22. The number of aliphatic hydroxyl groups is 1. The molecule has 0 spiro atoms. The molecular formula is C14H23N3O2. The van der Waals surface area contributed by atoms with Crippen molar-refractivity contribution in [3.05, 3.63) is 18.2 Å². The van der Waals surface area contributed by atoms with Crippen LogP contribution < -0.4 is 0 Å². The van der Waals surface area contributed by atoms with E-state index in [4.69, 9.17) is 0 Å². The SMILES string of the molecule is CCN(CC(C)(C)O)C(=O)C1CCn2cncc2C1. The summed E-state index contributed by atoms with van der Waals surface area (Å²) < 4.78 is 2.11. The highest BCUT2D eigenvalue weighted by Gasteiger charge is 2.30. The minimum atomic E-state index is -0.845. The summed E-state index contributed by atoms with van der Waals surface area (Å²) in [6.07, 6.45) is 5.27. The number of amides is 1. The number of imidazole rings is 1. The van der Waals surface area contributed by atoms with Gasteiger partial charge in [-0.1, -0.05) is 0 Å². The molecule has 5 heteroatoms. The van der Waals surface area contributed by atoms with Crippen molar-refractivity contribution in [3.63, 3.8) is 0 Å². The molecule has 2 rings (SSSR count). The van der Waals surface area contributed by atoms with Gasteiger partial charge < -0.3 is 14.6 Å². The van der Waals surface area contributed by atoms with Crippen LogP contribution in [-0.2, 0) is 17.8 Å². The highest BCUT2D eigenvalue weighted by molar-refractivity contribution is 5.79. The molecule has 1 aliphatic heterocycles. The van der Waals surface area contributed by atoms with Crippen molar-refractivity contribution in [1.29, 1.82) is 0 Å². The second-order valence-corrected chi connectivity index (χ2v) is 5.93. The van der Waals surface area contributed by atoms with Gasteiger partial charge in [0.1, 0.15) is 0 Å². The fourth-order valence-corrected chi connectivity index (χ4v) is 2.65. The maximum absolute atomic E-state index is 12.5. The van der Waals surface area contributed by atoms with Gasteiger partial charge in [-0.05, 0) is 27.2 Å². The maximum Gasteiger partial charge on any atom is 0.226 e. The summed E-state index contributed by atoms with van der Waals surface area (Å²) in [5, 5.41) is 9.88. The Morgan fingerprint density at radius 2 is 2.37 bits per heavy atom. The molecule has 0 fully saturated rings. The smallest absolute Gasteiger partial charge is 0.226 e. The molecule has 19 heavy (non-hydrogen) atoms. The van der Waals surface area contributed by atoms with E-state index >= 15 is 0 Å². The van der Waals surface area contributed by atoms with Crippen molar-refractivity contribution < 1.29 is 9.90 Å². The Morgan fingerprint density at radius 3 is 3.00 bits per heavy atom. The fourth-order valence-electron chi connectivity index (χ4n) is 2.65. The molecule has 1 unspecified atom stereocenters. The molecule has 2 heterocycles. The fraction of sp³-hybridized carbons (Fsp3) is 0.714. The number of nitrogens with zero attached hydrogens (tertiary/aromatic N) is 3. The van der Waals surface area contributed by atoms with Crippen molar-refractivity contribution in [2.75, 3.05) is 13.1 Å². The molecule has 1 aliphatic rings. The molecule has 0 saturated heterocycles. The van der Waals surface area contributed by atoms with Crippen molar-refractivity contribution in [2.24, 2.45) is 5.92 Å². The van der Waals surface area contributed by atoms with Gasteiger partial charge in [0, 0.05) is 43.9 Å². The molecule has 5 nitrogen and oxygen atoms in total. The number of likely N-dealkylation sites (N-methyl/N-ethyl adjacent to an activating group) is 1. The Morgan fingerprint density at radius 1 is 1.63 bits per heavy atom. The lowest BCUT2D eigenvalue weighted by Crippen LogP contribution is -2.45. The van der Waals surface area contributed by atoms with E-state index < -0.39 is 5.60 Å². The lowest BCUT2D eigenvalue weighted by Gasteiger charge is -2.32. The molecule has 1 aromatic heterocycles. The van der Waals surface area contributed by atoms with Gasteiger partial charge in [0.15, 0.2) is 0 Å². The van der Waals surface area contributed by atoms with Crippen LogP contribution >= 0.6 is 0 Å². The molecule has 0 bridgehead atoms. The van der Waals surface area contributed by atoms with Crippen LogP contribution in [0, 0.1) is 5.92 Å². The maximum atomic E-state index is 12.5. The van der Waals surface area contributed by atoms with Crippen LogP contribution in [0.1, 0.15) is 32.9 Å². The molecule has 0 radical (unpaired) electrons. The Labute approximate surface area is 114 Å². The Hall–Kier alpha value is -1.36. The first-order valence-electron chi connectivity index (χ1n) is 6.91. The van der Waals surface area contributed by atoms with E-state index in [0.29, 0.717) is 13.1 Å². The first-order chi connectivity index (χ1) is 8.90. The van der Waals surface area contributed by atoms with Gasteiger partial charge in [0.2, 0.25) is 5.91 Å². The van der Waals surface area contributed by atoms with E-state index in [2.05, 4.69) is 9.55 Å². The summed E-state index contributed by atoms with van der Waals surface area (Å²) in [5.74, 6) is 0.170. The van der Waals surface area contributed by atoms with Gasteiger partial charge in [-0.15, -0.1) is 0 Å². The lowest BCUT2D eigenvalue weighted by molar-refractivity contribution is -0.139. The third kappa shape index (κ3) is 3.35. The second-order valence-electron chi connectivity index (χ2n) is 5.93. The second kappa shape index (κ2) is 5.33. The number of rotatable bonds is 4. The molecule has 1 aromatic rings. The zero-order chi connectivity index (χ0) is 14.0. The van der Waals surface area contributed by atoms with Crippen LogP contribution in [0.2, 0.25) is 0 Å². The van der Waals surface area contributed by atoms with Crippen LogP contribution in [0.4, 0.5) is 0 Å². The first-order valence-corrected chi connectivity index (χ1v) is 6.91. The van der Waals surface area contributed by atoms with E-state index in [1.54, 1.807) is 18.7 Å². The normalized spacial score (nSPS) is 19.1. The van der Waals surface area contributed by atoms with Crippen LogP contribution in [0.3, 0.4) is 0 Å². The minimum absolute atomic E-state index is 0.0199. The van der Waals surface area contributed by atoms with E-state index in [9.17, 15) is 9.90 Å². The number of aromatic nitrogens is 2. The summed E-state index contributed by atoms with van der Waals surface area (Å²) in [6, 6.07) is 0. The summed E-state index contributed by atoms with van der Waals surface area (Å²) >= 11 is 0. The number of carbonyl (C=O) groups is 1. The zero-order valence-electron chi connectivity index (χ0n) is 12.0. The van der Waals surface area contributed by atoms with E-state index in [1.807, 2.05) is 19.4 Å². The van der Waals surface area contributed by atoms with Crippen molar-refractivity contribution in [2.45, 2.75) is 45.8 Å². The van der Waals surface area contributed by atoms with Crippen molar-refractivity contribution in [3.8, 4) is 0 Å². The molecule has 0 aliphatic carbocycles. The number of carbonyl (C=O) groups excluding carboxylic acids is 1. The van der Waals surface area contributed by atoms with Crippen LogP contribution in [0.15, 0.2) is 12.5 Å². The summed E-state index contributed by atoms with van der Waals surface area (Å²) in [4.78, 5) is 18.4. The summed E-state index contributed by atoms with van der Waals surface area (Å²) in [5.41, 5.74) is 0.283. The van der Waals surface area contributed by atoms with Gasteiger partial charge in [0.05, 0.1) is 11.9 Å². The number of fused-ring (bicyclic) bond motifs is 1. The van der Waals surface area contributed by atoms with E-state index in [0.717, 1.165) is 25.1 Å². The van der Waals surface area contributed by atoms with Crippen LogP contribution in [0.25, 0.3) is 0 Å². The van der Waals surface area contributed by atoms with Crippen molar-refractivity contribution in [1.82, 2.24) is 14.5 Å². The largest absolute Gasteiger partial charge is 0.389 e. The average Bonchev–Trinajstić information content (AvgIpc) is 2.81. The average molecular weight is 265 g/mol. The van der Waals surface area contributed by atoms with Crippen LogP contribution in [0.5, 0.6) is 0 Å². The molecule has 1 amide bonds. The number of hydrogen-bond acceptors (Lipinski definition) is 3. The first kappa shape index (κ1) is 14.1. The molecule has 1 atom stereocenters. The molecule has 1 N–H and O–H groups in total. The standard InChI is InChI=1S/C14H23N3O2/c1-4-16(9-14(2,3)19)13(18)11-5-6-17-10-15-8-12(17)7-11/h8,10-11,19H,4-7,9H2,1-3H3. The molecule has 106 valence electrons. The van der Waals surface area contributed by atoms with Gasteiger partial charge in [0.25, 0.3) is 0 Å². The Kier molecular flexibility index (Phi) is 3.94. The van der Waals surface area contributed by atoms with Gasteiger partial charge in [-0.3, -0.25) is 4.79 Å². The van der Waals surface area contributed by atoms with Crippen LogP contribution in [-0.4, -0.2) is 44.2 Å².